The number of rotatable bonds is 4. The molecule has 0 aliphatic rings. The van der Waals surface area contributed by atoms with Crippen molar-refractivity contribution >= 4 is 11.6 Å². The first-order chi connectivity index (χ1) is 6.22. The first-order valence-electron chi connectivity index (χ1n) is 4.37. The van der Waals surface area contributed by atoms with E-state index in [-0.39, 0.29) is 6.04 Å². The Morgan fingerprint density at radius 3 is 2.54 bits per heavy atom. The van der Waals surface area contributed by atoms with Crippen molar-refractivity contribution in [3.63, 3.8) is 0 Å². The molecule has 0 saturated heterocycles. The van der Waals surface area contributed by atoms with Crippen LogP contribution in [0.5, 0.6) is 0 Å². The van der Waals surface area contributed by atoms with Gasteiger partial charge in [0.05, 0.1) is 0 Å². The van der Waals surface area contributed by atoms with Gasteiger partial charge in [0.2, 0.25) is 0 Å². The van der Waals surface area contributed by atoms with Crippen molar-refractivity contribution in [3.8, 4) is 0 Å². The van der Waals surface area contributed by atoms with Crippen LogP contribution in [0.2, 0.25) is 5.02 Å². The van der Waals surface area contributed by atoms with Gasteiger partial charge >= 0.3 is 0 Å². The third-order valence-corrected chi connectivity index (χ3v) is 2.13. The highest BCUT2D eigenvalue weighted by atomic mass is 35.5. The number of halogens is 1. The monoisotopic (exact) mass is 198 g/mol. The number of hydrogen-bond donors (Lipinski definition) is 2. The molecule has 13 heavy (non-hydrogen) atoms. The van der Waals surface area contributed by atoms with Crippen molar-refractivity contribution in [2.45, 2.75) is 12.5 Å². The molecule has 0 heterocycles. The lowest BCUT2D eigenvalue weighted by molar-refractivity contribution is 0.616. The maximum atomic E-state index is 5.86. The van der Waals surface area contributed by atoms with Gasteiger partial charge < -0.3 is 11.1 Å². The smallest absolute Gasteiger partial charge is 0.0406 e. The molecule has 2 nitrogen and oxygen atoms in total. The van der Waals surface area contributed by atoms with Gasteiger partial charge in [0.1, 0.15) is 0 Å². The van der Waals surface area contributed by atoms with Crippen molar-refractivity contribution in [2.75, 3.05) is 13.6 Å². The van der Waals surface area contributed by atoms with Crippen molar-refractivity contribution in [1.82, 2.24) is 5.32 Å². The third-order valence-electron chi connectivity index (χ3n) is 1.88. The molecular weight excluding hydrogens is 184 g/mol. The fourth-order valence-corrected chi connectivity index (χ4v) is 1.38. The molecule has 3 heteroatoms. The molecule has 0 radical (unpaired) electrons. The van der Waals surface area contributed by atoms with Crippen LogP contribution in [0, 0.1) is 0 Å². The van der Waals surface area contributed by atoms with Crippen LogP contribution < -0.4 is 11.1 Å². The number of benzene rings is 1. The summed E-state index contributed by atoms with van der Waals surface area (Å²) in [5.41, 5.74) is 7.09. The van der Waals surface area contributed by atoms with Crippen molar-refractivity contribution in [2.24, 2.45) is 5.73 Å². The van der Waals surface area contributed by atoms with Gasteiger partial charge in [-0.05, 0) is 31.2 Å². The van der Waals surface area contributed by atoms with E-state index in [1.165, 1.54) is 5.56 Å². The SMILES string of the molecule is CNCC(N)Cc1ccc(Cl)cc1. The standard InChI is InChI=1S/C10H15ClN2/c1-13-7-10(12)6-8-2-4-9(11)5-3-8/h2-5,10,13H,6-7,12H2,1H3. The van der Waals surface area contributed by atoms with Gasteiger partial charge in [0.25, 0.3) is 0 Å². The van der Waals surface area contributed by atoms with Gasteiger partial charge in [-0.15, -0.1) is 0 Å². The predicted octanol–water partition coefficient (Wildman–Crippen LogP) is 1.43. The summed E-state index contributed by atoms with van der Waals surface area (Å²) in [6.45, 7) is 0.836. The largest absolute Gasteiger partial charge is 0.326 e. The first-order valence-corrected chi connectivity index (χ1v) is 4.75. The molecule has 0 spiro atoms. The molecule has 1 unspecified atom stereocenters. The fourth-order valence-electron chi connectivity index (χ4n) is 1.26. The van der Waals surface area contributed by atoms with Gasteiger partial charge in [0.15, 0.2) is 0 Å². The predicted molar refractivity (Wildman–Crippen MR) is 57.1 cm³/mol. The Hall–Kier alpha value is -0.570. The molecule has 0 fully saturated rings. The molecular formula is C10H15ClN2. The van der Waals surface area contributed by atoms with E-state index >= 15 is 0 Å². The van der Waals surface area contributed by atoms with Crippen molar-refractivity contribution in [1.29, 1.82) is 0 Å². The van der Waals surface area contributed by atoms with Crippen molar-refractivity contribution in [3.05, 3.63) is 34.9 Å². The van der Waals surface area contributed by atoms with Gasteiger partial charge in [-0.2, -0.15) is 0 Å². The van der Waals surface area contributed by atoms with Crippen LogP contribution in [0.3, 0.4) is 0 Å². The summed E-state index contributed by atoms with van der Waals surface area (Å²) in [7, 11) is 1.90. The van der Waals surface area contributed by atoms with E-state index in [0.717, 1.165) is 18.0 Å². The number of likely N-dealkylation sites (N-methyl/N-ethyl adjacent to an activating group) is 1. The molecule has 0 aromatic heterocycles. The van der Waals surface area contributed by atoms with Crippen molar-refractivity contribution < 1.29 is 0 Å². The van der Waals surface area contributed by atoms with Gasteiger partial charge in [-0.1, -0.05) is 23.7 Å². The minimum atomic E-state index is 0.172. The molecule has 0 amide bonds. The molecule has 3 N–H and O–H groups in total. The number of nitrogens with one attached hydrogen (secondary N) is 1. The highest BCUT2D eigenvalue weighted by molar-refractivity contribution is 6.30. The van der Waals surface area contributed by atoms with Crippen LogP contribution in [0.25, 0.3) is 0 Å². The summed E-state index contributed by atoms with van der Waals surface area (Å²) in [5.74, 6) is 0. The van der Waals surface area contributed by atoms with E-state index in [0.29, 0.717) is 0 Å². The zero-order valence-electron chi connectivity index (χ0n) is 7.76. The summed E-state index contributed by atoms with van der Waals surface area (Å²) in [5, 5.41) is 3.82. The maximum absolute atomic E-state index is 5.86. The average Bonchev–Trinajstić information content (AvgIpc) is 2.09. The van der Waals surface area contributed by atoms with E-state index in [1.54, 1.807) is 0 Å². The molecule has 0 aliphatic carbocycles. The van der Waals surface area contributed by atoms with Gasteiger partial charge in [-0.25, -0.2) is 0 Å². The Bertz CT molecular complexity index is 246. The highest BCUT2D eigenvalue weighted by Gasteiger charge is 2.01. The third kappa shape index (κ3) is 3.77. The quantitative estimate of drug-likeness (QED) is 0.768. The molecule has 1 aromatic carbocycles. The lowest BCUT2D eigenvalue weighted by Gasteiger charge is -2.10. The Morgan fingerprint density at radius 1 is 1.38 bits per heavy atom. The molecule has 0 bridgehead atoms. The summed E-state index contributed by atoms with van der Waals surface area (Å²) < 4.78 is 0. The molecule has 72 valence electrons. The van der Waals surface area contributed by atoms with Crippen LogP contribution in [0.4, 0.5) is 0 Å². The molecule has 1 rings (SSSR count). The maximum Gasteiger partial charge on any atom is 0.0406 e. The number of hydrogen-bond acceptors (Lipinski definition) is 2. The van der Waals surface area contributed by atoms with Crippen LogP contribution in [-0.2, 0) is 6.42 Å². The van der Waals surface area contributed by atoms with E-state index in [2.05, 4.69) is 5.32 Å². The molecule has 0 saturated carbocycles. The second-order valence-corrected chi connectivity index (χ2v) is 3.58. The van der Waals surface area contributed by atoms with Crippen LogP contribution in [0.15, 0.2) is 24.3 Å². The zero-order valence-corrected chi connectivity index (χ0v) is 8.51. The number of nitrogens with two attached hydrogens (primary N) is 1. The summed E-state index contributed by atoms with van der Waals surface area (Å²) >= 11 is 5.77. The van der Waals surface area contributed by atoms with Crippen LogP contribution in [-0.4, -0.2) is 19.6 Å². The Morgan fingerprint density at radius 2 is 2.00 bits per heavy atom. The van der Waals surface area contributed by atoms with Crippen LogP contribution >= 0.6 is 11.6 Å². The normalized spacial score (nSPS) is 12.8. The second-order valence-electron chi connectivity index (χ2n) is 3.15. The van der Waals surface area contributed by atoms with Gasteiger partial charge in [0, 0.05) is 17.6 Å². The topological polar surface area (TPSA) is 38.0 Å². The Kier molecular flexibility index (Phi) is 4.22. The molecule has 1 atom stereocenters. The minimum Gasteiger partial charge on any atom is -0.326 e. The average molecular weight is 199 g/mol. The van der Waals surface area contributed by atoms with E-state index in [9.17, 15) is 0 Å². The lowest BCUT2D eigenvalue weighted by atomic mass is 10.1. The fraction of sp³-hybridized carbons (Fsp3) is 0.400. The summed E-state index contributed by atoms with van der Waals surface area (Å²) in [6.07, 6.45) is 0.887. The summed E-state index contributed by atoms with van der Waals surface area (Å²) in [6, 6.07) is 7.98. The van der Waals surface area contributed by atoms with E-state index < -0.39 is 0 Å². The molecule has 1 aromatic rings. The highest BCUT2D eigenvalue weighted by Crippen LogP contribution is 2.10. The minimum absolute atomic E-state index is 0.172. The van der Waals surface area contributed by atoms with E-state index in [1.807, 2.05) is 31.3 Å². The Balaban J connectivity index is 2.49. The molecule has 0 aliphatic heterocycles. The second kappa shape index (κ2) is 5.22. The zero-order chi connectivity index (χ0) is 9.68. The van der Waals surface area contributed by atoms with Crippen LogP contribution in [0.1, 0.15) is 5.56 Å². The Labute approximate surface area is 84.1 Å². The van der Waals surface area contributed by atoms with Gasteiger partial charge in [-0.3, -0.25) is 0 Å². The first kappa shape index (κ1) is 10.5. The summed E-state index contributed by atoms with van der Waals surface area (Å²) in [4.78, 5) is 0. The lowest BCUT2D eigenvalue weighted by Crippen LogP contribution is -2.33. The van der Waals surface area contributed by atoms with E-state index in [4.69, 9.17) is 17.3 Å².